The molecule has 0 fully saturated rings. The molecule has 0 bridgehead atoms. The van der Waals surface area contributed by atoms with Crippen molar-refractivity contribution >= 4 is 11.8 Å². The largest absolute Gasteiger partial charge is 0.481 e. The Balaban J connectivity index is 4.27. The third-order valence-corrected chi connectivity index (χ3v) is 2.57. The van der Waals surface area contributed by atoms with Gasteiger partial charge in [-0.15, -0.1) is 0 Å². The fraction of sp³-hybridized carbons (Fsp3) is 0.833. The zero-order chi connectivity index (χ0) is 13.7. The molecule has 0 aliphatic heterocycles. The number of carboxylic acid groups (broad SMARTS) is 1. The predicted octanol–water partition coefficient (Wildman–Crippen LogP) is 1.64. The van der Waals surface area contributed by atoms with Crippen LogP contribution in [-0.4, -0.2) is 41.8 Å². The van der Waals surface area contributed by atoms with Gasteiger partial charge in [-0.1, -0.05) is 0 Å². The van der Waals surface area contributed by atoms with Crippen molar-refractivity contribution in [2.75, 3.05) is 13.7 Å². The number of carbonyl (C=O) groups excluding carboxylic acids is 1. The van der Waals surface area contributed by atoms with Crippen LogP contribution < -0.4 is 0 Å². The number of aliphatic carboxylic acids is 1. The molecule has 0 heterocycles. The van der Waals surface area contributed by atoms with Crippen molar-refractivity contribution in [3.63, 3.8) is 0 Å². The molecule has 0 aliphatic carbocycles. The van der Waals surface area contributed by atoms with E-state index in [2.05, 4.69) is 0 Å². The van der Waals surface area contributed by atoms with Gasteiger partial charge in [0, 0.05) is 13.5 Å². The summed E-state index contributed by atoms with van der Waals surface area (Å²) < 4.78 is 10.7. The van der Waals surface area contributed by atoms with E-state index in [4.69, 9.17) is 14.6 Å². The van der Waals surface area contributed by atoms with Gasteiger partial charge in [-0.25, -0.2) is 0 Å². The molecule has 0 unspecified atom stereocenters. The highest BCUT2D eigenvalue weighted by Gasteiger charge is 2.31. The molecule has 17 heavy (non-hydrogen) atoms. The Kier molecular flexibility index (Phi) is 5.78. The number of rotatable bonds is 8. The van der Waals surface area contributed by atoms with Gasteiger partial charge in [0.1, 0.15) is 5.60 Å². The SMILES string of the molecule is COC(C)(C)COC(C)(C)C(=O)CCC(=O)O. The van der Waals surface area contributed by atoms with Crippen LogP contribution in [0.3, 0.4) is 0 Å². The number of carbonyl (C=O) groups is 2. The van der Waals surface area contributed by atoms with E-state index in [1.54, 1.807) is 21.0 Å². The molecule has 5 heteroatoms. The molecule has 0 aliphatic rings. The second kappa shape index (κ2) is 6.12. The topological polar surface area (TPSA) is 72.8 Å². The lowest BCUT2D eigenvalue weighted by molar-refractivity contribution is -0.152. The summed E-state index contributed by atoms with van der Waals surface area (Å²) in [5.74, 6) is -1.20. The van der Waals surface area contributed by atoms with E-state index < -0.39 is 17.2 Å². The molecule has 1 N–H and O–H groups in total. The number of ketones is 1. The van der Waals surface area contributed by atoms with E-state index >= 15 is 0 Å². The zero-order valence-electron chi connectivity index (χ0n) is 11.2. The summed E-state index contributed by atoms with van der Waals surface area (Å²) in [6.45, 7) is 7.26. The number of hydrogen-bond acceptors (Lipinski definition) is 4. The van der Waals surface area contributed by atoms with Crippen molar-refractivity contribution in [2.45, 2.75) is 51.7 Å². The highest BCUT2D eigenvalue weighted by Crippen LogP contribution is 2.18. The van der Waals surface area contributed by atoms with Crippen molar-refractivity contribution in [1.29, 1.82) is 0 Å². The monoisotopic (exact) mass is 246 g/mol. The molecular formula is C12H22O5. The summed E-state index contributed by atoms with van der Waals surface area (Å²) in [5, 5.41) is 8.51. The first-order valence-corrected chi connectivity index (χ1v) is 5.55. The van der Waals surface area contributed by atoms with Gasteiger partial charge in [0.25, 0.3) is 0 Å². The first kappa shape index (κ1) is 16.1. The van der Waals surface area contributed by atoms with Crippen LogP contribution in [0.15, 0.2) is 0 Å². The third-order valence-electron chi connectivity index (χ3n) is 2.57. The van der Waals surface area contributed by atoms with E-state index in [1.807, 2.05) is 13.8 Å². The molecule has 0 aromatic heterocycles. The molecule has 0 aromatic rings. The molecule has 100 valence electrons. The normalized spacial score (nSPS) is 12.5. The maximum absolute atomic E-state index is 11.7. The van der Waals surface area contributed by atoms with Crippen LogP contribution in [0, 0.1) is 0 Å². The lowest BCUT2D eigenvalue weighted by Crippen LogP contribution is -2.41. The van der Waals surface area contributed by atoms with Crippen molar-refractivity contribution < 1.29 is 24.2 Å². The van der Waals surface area contributed by atoms with Crippen LogP contribution in [0.2, 0.25) is 0 Å². The maximum Gasteiger partial charge on any atom is 0.303 e. The molecule has 0 amide bonds. The van der Waals surface area contributed by atoms with Crippen LogP contribution in [-0.2, 0) is 19.1 Å². The molecule has 0 saturated heterocycles. The Morgan fingerprint density at radius 1 is 1.12 bits per heavy atom. The summed E-state index contributed by atoms with van der Waals surface area (Å²) in [6, 6.07) is 0. The molecule has 0 atom stereocenters. The van der Waals surface area contributed by atoms with Crippen LogP contribution in [0.1, 0.15) is 40.5 Å². The first-order valence-electron chi connectivity index (χ1n) is 5.55. The Labute approximate surface area is 102 Å². The van der Waals surface area contributed by atoms with E-state index in [-0.39, 0.29) is 25.2 Å². The number of ether oxygens (including phenoxy) is 2. The van der Waals surface area contributed by atoms with E-state index in [0.717, 1.165) is 0 Å². The van der Waals surface area contributed by atoms with E-state index in [0.29, 0.717) is 0 Å². The molecule has 5 nitrogen and oxygen atoms in total. The van der Waals surface area contributed by atoms with E-state index in [9.17, 15) is 9.59 Å². The molecule has 0 saturated carbocycles. The quantitative estimate of drug-likeness (QED) is 0.704. The Hall–Kier alpha value is -0.940. The van der Waals surface area contributed by atoms with Crippen molar-refractivity contribution in [1.82, 2.24) is 0 Å². The van der Waals surface area contributed by atoms with Crippen molar-refractivity contribution in [3.8, 4) is 0 Å². The van der Waals surface area contributed by atoms with Gasteiger partial charge >= 0.3 is 5.97 Å². The predicted molar refractivity (Wildman–Crippen MR) is 63.0 cm³/mol. The number of Topliss-reactive ketones (excluding diaryl/α,β-unsaturated/α-hetero) is 1. The van der Waals surface area contributed by atoms with Gasteiger partial charge in [-0.05, 0) is 27.7 Å². The van der Waals surface area contributed by atoms with Crippen molar-refractivity contribution in [2.24, 2.45) is 0 Å². The first-order chi connectivity index (χ1) is 7.60. The summed E-state index contributed by atoms with van der Waals surface area (Å²) in [7, 11) is 1.57. The van der Waals surface area contributed by atoms with Gasteiger partial charge in [-0.2, -0.15) is 0 Å². The van der Waals surface area contributed by atoms with Crippen LogP contribution >= 0.6 is 0 Å². The fourth-order valence-electron chi connectivity index (χ4n) is 1.02. The summed E-state index contributed by atoms with van der Waals surface area (Å²) in [5.41, 5.74) is -1.45. The second-order valence-electron chi connectivity index (χ2n) is 5.08. The maximum atomic E-state index is 11.7. The standard InChI is InChI=1S/C12H22O5/c1-11(2,16-5)8-17-12(3,4)9(13)6-7-10(14)15/h6-8H2,1-5H3,(H,14,15). The minimum absolute atomic E-state index is 0.0181. The zero-order valence-corrected chi connectivity index (χ0v) is 11.2. The Morgan fingerprint density at radius 3 is 2.06 bits per heavy atom. The third kappa shape index (κ3) is 6.38. The molecule has 0 aromatic carbocycles. The highest BCUT2D eigenvalue weighted by atomic mass is 16.5. The minimum Gasteiger partial charge on any atom is -0.481 e. The fourth-order valence-corrected chi connectivity index (χ4v) is 1.02. The van der Waals surface area contributed by atoms with Gasteiger partial charge in [-0.3, -0.25) is 9.59 Å². The average molecular weight is 246 g/mol. The van der Waals surface area contributed by atoms with Gasteiger partial charge in [0.05, 0.1) is 18.6 Å². The lowest BCUT2D eigenvalue weighted by atomic mass is 9.99. The van der Waals surface area contributed by atoms with Crippen LogP contribution in [0.25, 0.3) is 0 Å². The van der Waals surface area contributed by atoms with Gasteiger partial charge < -0.3 is 14.6 Å². The number of carboxylic acids is 1. The van der Waals surface area contributed by atoms with Gasteiger partial charge in [0.15, 0.2) is 5.78 Å². The summed E-state index contributed by atoms with van der Waals surface area (Å²) in [6.07, 6.45) is -0.185. The number of methoxy groups -OCH3 is 1. The molecule has 0 rings (SSSR count). The summed E-state index contributed by atoms with van der Waals surface area (Å²) >= 11 is 0. The van der Waals surface area contributed by atoms with Crippen LogP contribution in [0.4, 0.5) is 0 Å². The highest BCUT2D eigenvalue weighted by molar-refractivity contribution is 5.88. The number of hydrogen-bond donors (Lipinski definition) is 1. The molecular weight excluding hydrogens is 224 g/mol. The van der Waals surface area contributed by atoms with Crippen LogP contribution in [0.5, 0.6) is 0 Å². The average Bonchev–Trinajstić information content (AvgIpc) is 2.23. The smallest absolute Gasteiger partial charge is 0.303 e. The minimum atomic E-state index is -0.981. The molecule has 0 radical (unpaired) electrons. The summed E-state index contributed by atoms with van der Waals surface area (Å²) in [4.78, 5) is 22.1. The van der Waals surface area contributed by atoms with Gasteiger partial charge in [0.2, 0.25) is 0 Å². The Bertz CT molecular complexity index is 281. The van der Waals surface area contributed by atoms with Crippen molar-refractivity contribution in [3.05, 3.63) is 0 Å². The second-order valence-corrected chi connectivity index (χ2v) is 5.08. The van der Waals surface area contributed by atoms with E-state index in [1.165, 1.54) is 0 Å². The molecule has 0 spiro atoms. The Morgan fingerprint density at radius 2 is 1.65 bits per heavy atom. The lowest BCUT2D eigenvalue weighted by Gasteiger charge is -2.30.